The molecule has 0 aromatic carbocycles. The van der Waals surface area contributed by atoms with Gasteiger partial charge in [-0.3, -0.25) is 4.79 Å². The quantitative estimate of drug-likeness (QED) is 0.804. The van der Waals surface area contributed by atoms with E-state index in [4.69, 9.17) is 0 Å². The molecule has 2 N–H and O–H groups in total. The number of nitrogens with zero attached hydrogens (tertiary/aromatic N) is 1. The Kier molecular flexibility index (Phi) is 4.55. The van der Waals surface area contributed by atoms with Crippen LogP contribution < -0.4 is 10.6 Å². The molecule has 15 heavy (non-hydrogen) atoms. The van der Waals surface area contributed by atoms with Crippen molar-refractivity contribution in [3.63, 3.8) is 0 Å². The van der Waals surface area contributed by atoms with Crippen LogP contribution >= 0.6 is 11.3 Å². The molecular weight excluding hydrogens is 210 g/mol. The predicted octanol–water partition coefficient (Wildman–Crippen LogP) is 1.64. The smallest absolute Gasteiger partial charge is 0.226 e. The minimum atomic E-state index is 0.0392. The summed E-state index contributed by atoms with van der Waals surface area (Å²) in [7, 11) is 1.82. The van der Waals surface area contributed by atoms with Gasteiger partial charge in [-0.2, -0.15) is 0 Å². The van der Waals surface area contributed by atoms with Gasteiger partial charge in [-0.15, -0.1) is 11.3 Å². The molecule has 1 rings (SSSR count). The van der Waals surface area contributed by atoms with E-state index in [1.54, 1.807) is 0 Å². The Balaban J connectivity index is 2.44. The Labute approximate surface area is 94.1 Å². The van der Waals surface area contributed by atoms with Crippen LogP contribution in [-0.2, 0) is 11.2 Å². The van der Waals surface area contributed by atoms with Gasteiger partial charge < -0.3 is 10.6 Å². The molecule has 0 aliphatic carbocycles. The molecule has 0 spiro atoms. The highest BCUT2D eigenvalue weighted by atomic mass is 32.1. The van der Waals surface area contributed by atoms with Gasteiger partial charge in [-0.05, 0) is 13.3 Å². The van der Waals surface area contributed by atoms with Crippen LogP contribution in [0.5, 0.6) is 0 Å². The first-order chi connectivity index (χ1) is 7.15. The average Bonchev–Trinajstić information content (AvgIpc) is 2.65. The van der Waals surface area contributed by atoms with Gasteiger partial charge in [0.15, 0.2) is 5.13 Å². The van der Waals surface area contributed by atoms with Crippen molar-refractivity contribution < 1.29 is 4.79 Å². The maximum atomic E-state index is 11.5. The Bertz CT molecular complexity index is 324. The molecule has 0 saturated heterocycles. The third-order valence-corrected chi connectivity index (χ3v) is 3.04. The van der Waals surface area contributed by atoms with E-state index in [1.165, 1.54) is 11.3 Å². The first-order valence-electron chi connectivity index (χ1n) is 5.07. The summed E-state index contributed by atoms with van der Waals surface area (Å²) in [6.45, 7) is 4.05. The standard InChI is InChI=1S/C10H17N3OS/c1-4-7(2)12-9(14)5-8-6-15-10(11-3)13-8/h6-7H,4-5H2,1-3H3,(H,11,13)(H,12,14). The number of carbonyl (C=O) groups excluding carboxylic acids is 1. The van der Waals surface area contributed by atoms with Crippen LogP contribution in [0.4, 0.5) is 5.13 Å². The molecule has 1 unspecified atom stereocenters. The Morgan fingerprint density at radius 3 is 2.93 bits per heavy atom. The van der Waals surface area contributed by atoms with Crippen molar-refractivity contribution in [2.45, 2.75) is 32.7 Å². The summed E-state index contributed by atoms with van der Waals surface area (Å²) >= 11 is 1.51. The van der Waals surface area contributed by atoms with Gasteiger partial charge in [0.05, 0.1) is 12.1 Å². The van der Waals surface area contributed by atoms with Gasteiger partial charge in [0.25, 0.3) is 0 Å². The molecule has 4 nitrogen and oxygen atoms in total. The minimum absolute atomic E-state index is 0.0392. The second-order valence-electron chi connectivity index (χ2n) is 3.45. The van der Waals surface area contributed by atoms with Crippen molar-refractivity contribution >= 4 is 22.4 Å². The monoisotopic (exact) mass is 227 g/mol. The van der Waals surface area contributed by atoms with Crippen molar-refractivity contribution in [1.29, 1.82) is 0 Å². The van der Waals surface area contributed by atoms with Crippen LogP contribution in [0.15, 0.2) is 5.38 Å². The zero-order valence-corrected chi connectivity index (χ0v) is 10.1. The van der Waals surface area contributed by atoms with E-state index < -0.39 is 0 Å². The lowest BCUT2D eigenvalue weighted by molar-refractivity contribution is -0.121. The third-order valence-electron chi connectivity index (χ3n) is 2.13. The fourth-order valence-corrected chi connectivity index (χ4v) is 1.77. The average molecular weight is 227 g/mol. The molecule has 0 saturated carbocycles. The lowest BCUT2D eigenvalue weighted by Gasteiger charge is -2.10. The second kappa shape index (κ2) is 5.70. The zero-order chi connectivity index (χ0) is 11.3. The molecule has 5 heteroatoms. The summed E-state index contributed by atoms with van der Waals surface area (Å²) in [5, 5.41) is 8.61. The van der Waals surface area contributed by atoms with Gasteiger partial charge in [-0.1, -0.05) is 6.92 Å². The highest BCUT2D eigenvalue weighted by Crippen LogP contribution is 2.14. The molecule has 0 aliphatic rings. The molecule has 84 valence electrons. The minimum Gasteiger partial charge on any atom is -0.365 e. The molecule has 1 heterocycles. The molecule has 1 atom stereocenters. The van der Waals surface area contributed by atoms with E-state index in [1.807, 2.05) is 26.3 Å². The van der Waals surface area contributed by atoms with Crippen molar-refractivity contribution in [3.05, 3.63) is 11.1 Å². The highest BCUT2D eigenvalue weighted by molar-refractivity contribution is 7.13. The van der Waals surface area contributed by atoms with Crippen LogP contribution in [0.2, 0.25) is 0 Å². The summed E-state index contributed by atoms with van der Waals surface area (Å²) in [6, 6.07) is 0.236. The number of carbonyl (C=O) groups is 1. The topological polar surface area (TPSA) is 54.0 Å². The number of nitrogens with one attached hydrogen (secondary N) is 2. The zero-order valence-electron chi connectivity index (χ0n) is 9.33. The molecule has 0 fully saturated rings. The molecular formula is C10H17N3OS. The number of amides is 1. The van der Waals surface area contributed by atoms with Gasteiger partial charge in [-0.25, -0.2) is 4.98 Å². The van der Waals surface area contributed by atoms with E-state index in [2.05, 4.69) is 15.6 Å². The number of rotatable bonds is 5. The maximum absolute atomic E-state index is 11.5. The number of aromatic nitrogens is 1. The summed E-state index contributed by atoms with van der Waals surface area (Å²) in [5.74, 6) is 0.0392. The van der Waals surface area contributed by atoms with Gasteiger partial charge in [0.2, 0.25) is 5.91 Å². The normalized spacial score (nSPS) is 12.2. The fourth-order valence-electron chi connectivity index (χ4n) is 1.10. The SMILES string of the molecule is CCC(C)NC(=O)Cc1csc(NC)n1. The summed E-state index contributed by atoms with van der Waals surface area (Å²) in [5.41, 5.74) is 0.824. The maximum Gasteiger partial charge on any atom is 0.226 e. The van der Waals surface area contributed by atoms with Crippen molar-refractivity contribution in [3.8, 4) is 0 Å². The predicted molar refractivity (Wildman–Crippen MR) is 63.3 cm³/mol. The first-order valence-corrected chi connectivity index (χ1v) is 5.95. The molecule has 1 amide bonds. The van der Waals surface area contributed by atoms with Crippen LogP contribution in [-0.4, -0.2) is 24.0 Å². The van der Waals surface area contributed by atoms with Crippen LogP contribution in [0, 0.1) is 0 Å². The molecule has 0 bridgehead atoms. The fraction of sp³-hybridized carbons (Fsp3) is 0.600. The number of hydrogen-bond donors (Lipinski definition) is 2. The van der Waals surface area contributed by atoms with E-state index in [-0.39, 0.29) is 11.9 Å². The highest BCUT2D eigenvalue weighted by Gasteiger charge is 2.08. The summed E-state index contributed by atoms with van der Waals surface area (Å²) < 4.78 is 0. The third kappa shape index (κ3) is 3.87. The van der Waals surface area contributed by atoms with E-state index in [9.17, 15) is 4.79 Å². The molecule has 1 aromatic rings. The van der Waals surface area contributed by atoms with E-state index in [0.717, 1.165) is 17.2 Å². The lowest BCUT2D eigenvalue weighted by Crippen LogP contribution is -2.33. The largest absolute Gasteiger partial charge is 0.365 e. The number of hydrogen-bond acceptors (Lipinski definition) is 4. The Morgan fingerprint density at radius 1 is 1.67 bits per heavy atom. The lowest BCUT2D eigenvalue weighted by atomic mass is 10.2. The van der Waals surface area contributed by atoms with Crippen LogP contribution in [0.25, 0.3) is 0 Å². The first kappa shape index (κ1) is 12.0. The van der Waals surface area contributed by atoms with Crippen LogP contribution in [0.3, 0.4) is 0 Å². The summed E-state index contributed by atoms with van der Waals surface area (Å²) in [6.07, 6.45) is 1.31. The van der Waals surface area contributed by atoms with E-state index in [0.29, 0.717) is 6.42 Å². The number of thiazole rings is 1. The van der Waals surface area contributed by atoms with Crippen molar-refractivity contribution in [1.82, 2.24) is 10.3 Å². The van der Waals surface area contributed by atoms with Crippen molar-refractivity contribution in [2.75, 3.05) is 12.4 Å². The van der Waals surface area contributed by atoms with Gasteiger partial charge in [0, 0.05) is 18.5 Å². The van der Waals surface area contributed by atoms with E-state index >= 15 is 0 Å². The Hall–Kier alpha value is -1.10. The van der Waals surface area contributed by atoms with Crippen molar-refractivity contribution in [2.24, 2.45) is 0 Å². The molecule has 0 aliphatic heterocycles. The molecule has 0 radical (unpaired) electrons. The summed E-state index contributed by atoms with van der Waals surface area (Å²) in [4.78, 5) is 15.8. The Morgan fingerprint density at radius 2 is 2.40 bits per heavy atom. The van der Waals surface area contributed by atoms with Gasteiger partial charge >= 0.3 is 0 Å². The van der Waals surface area contributed by atoms with Crippen LogP contribution in [0.1, 0.15) is 26.0 Å². The number of anilines is 1. The van der Waals surface area contributed by atoms with Gasteiger partial charge in [0.1, 0.15) is 0 Å². The second-order valence-corrected chi connectivity index (χ2v) is 4.31. The molecule has 1 aromatic heterocycles.